The van der Waals surface area contributed by atoms with Crippen molar-refractivity contribution in [3.05, 3.63) is 35.7 Å². The van der Waals surface area contributed by atoms with Crippen LogP contribution in [-0.2, 0) is 12.8 Å². The van der Waals surface area contributed by atoms with Gasteiger partial charge in [0.25, 0.3) is 0 Å². The lowest BCUT2D eigenvalue weighted by Crippen LogP contribution is -1.98. The van der Waals surface area contributed by atoms with Gasteiger partial charge in [0.05, 0.1) is 5.69 Å². The normalized spacial score (nSPS) is 11.0. The topological polar surface area (TPSA) is 25.8 Å². The SMILES string of the molecule is CCCCc1cccc2[c]nnc(CCCC)c12. The number of nitrogens with zero attached hydrogens (tertiary/aromatic N) is 2. The molecule has 2 rings (SSSR count). The van der Waals surface area contributed by atoms with Crippen molar-refractivity contribution < 1.29 is 0 Å². The molecule has 1 radical (unpaired) electrons. The zero-order valence-electron chi connectivity index (χ0n) is 11.4. The number of hydrogen-bond acceptors (Lipinski definition) is 2. The molecule has 0 N–H and O–H groups in total. The van der Waals surface area contributed by atoms with Gasteiger partial charge in [-0.2, -0.15) is 5.10 Å². The monoisotopic (exact) mass is 241 g/mol. The summed E-state index contributed by atoms with van der Waals surface area (Å²) in [6.07, 6.45) is 10.0. The molecule has 2 aromatic rings. The number of fused-ring (bicyclic) bond motifs is 1. The smallest absolute Gasteiger partial charge is 0.122 e. The van der Waals surface area contributed by atoms with Crippen molar-refractivity contribution in [2.45, 2.75) is 52.4 Å². The first-order valence-electron chi connectivity index (χ1n) is 7.01. The molecule has 1 aromatic carbocycles. The zero-order chi connectivity index (χ0) is 12.8. The summed E-state index contributed by atoms with van der Waals surface area (Å²) in [6, 6.07) is 6.42. The molecule has 0 saturated carbocycles. The van der Waals surface area contributed by atoms with E-state index in [1.165, 1.54) is 36.6 Å². The highest BCUT2D eigenvalue weighted by Crippen LogP contribution is 2.23. The first-order chi connectivity index (χ1) is 8.86. The van der Waals surface area contributed by atoms with Gasteiger partial charge in [-0.05, 0) is 31.2 Å². The fraction of sp³-hybridized carbons (Fsp3) is 0.500. The Morgan fingerprint density at radius 3 is 2.61 bits per heavy atom. The molecule has 0 aliphatic carbocycles. The summed E-state index contributed by atoms with van der Waals surface area (Å²) in [5.41, 5.74) is 2.56. The van der Waals surface area contributed by atoms with Crippen molar-refractivity contribution in [1.82, 2.24) is 10.2 Å². The number of hydrogen-bond donors (Lipinski definition) is 0. The Bertz CT molecular complexity index is 463. The minimum absolute atomic E-state index is 1.03. The summed E-state index contributed by atoms with van der Waals surface area (Å²) in [4.78, 5) is 0. The average molecular weight is 241 g/mol. The van der Waals surface area contributed by atoms with Gasteiger partial charge in [-0.15, -0.1) is 5.10 Å². The van der Waals surface area contributed by atoms with E-state index in [2.05, 4.69) is 48.4 Å². The van der Waals surface area contributed by atoms with Gasteiger partial charge < -0.3 is 0 Å². The lowest BCUT2D eigenvalue weighted by atomic mass is 9.98. The fourth-order valence-electron chi connectivity index (χ4n) is 2.32. The molecule has 2 heteroatoms. The van der Waals surface area contributed by atoms with E-state index in [9.17, 15) is 0 Å². The van der Waals surface area contributed by atoms with Crippen molar-refractivity contribution >= 4 is 10.8 Å². The number of aryl methyl sites for hydroxylation is 2. The average Bonchev–Trinajstić information content (AvgIpc) is 2.42. The van der Waals surface area contributed by atoms with Crippen LogP contribution in [0.25, 0.3) is 10.8 Å². The van der Waals surface area contributed by atoms with Crippen LogP contribution in [-0.4, -0.2) is 10.2 Å². The van der Waals surface area contributed by atoms with Gasteiger partial charge in [0.1, 0.15) is 6.20 Å². The molecule has 18 heavy (non-hydrogen) atoms. The molecule has 0 aliphatic heterocycles. The van der Waals surface area contributed by atoms with Gasteiger partial charge in [-0.3, -0.25) is 0 Å². The van der Waals surface area contributed by atoms with E-state index in [1.54, 1.807) is 0 Å². The second kappa shape index (κ2) is 6.48. The molecular weight excluding hydrogens is 220 g/mol. The third-order valence-corrected chi connectivity index (χ3v) is 3.35. The van der Waals surface area contributed by atoms with Crippen molar-refractivity contribution in [2.24, 2.45) is 0 Å². The highest BCUT2D eigenvalue weighted by molar-refractivity contribution is 5.86. The molecule has 1 heterocycles. The molecule has 0 saturated heterocycles. The van der Waals surface area contributed by atoms with Crippen LogP contribution in [0.2, 0.25) is 0 Å². The summed E-state index contributed by atoms with van der Waals surface area (Å²) in [6.45, 7) is 4.44. The minimum atomic E-state index is 1.03. The summed E-state index contributed by atoms with van der Waals surface area (Å²) in [5, 5.41) is 10.7. The molecule has 0 fully saturated rings. The van der Waals surface area contributed by atoms with E-state index >= 15 is 0 Å². The lowest BCUT2D eigenvalue weighted by molar-refractivity contribution is 0.762. The highest BCUT2D eigenvalue weighted by Gasteiger charge is 2.08. The van der Waals surface area contributed by atoms with Crippen LogP contribution in [0.3, 0.4) is 0 Å². The molecule has 0 aliphatic rings. The molecule has 0 amide bonds. The maximum absolute atomic E-state index is 4.31. The van der Waals surface area contributed by atoms with E-state index < -0.39 is 0 Å². The molecule has 0 atom stereocenters. The third kappa shape index (κ3) is 2.87. The Morgan fingerprint density at radius 2 is 1.83 bits per heavy atom. The summed E-state index contributed by atoms with van der Waals surface area (Å²) < 4.78 is 0. The summed E-state index contributed by atoms with van der Waals surface area (Å²) >= 11 is 0. The van der Waals surface area contributed by atoms with E-state index in [4.69, 9.17) is 0 Å². The Morgan fingerprint density at radius 1 is 1.06 bits per heavy atom. The summed E-state index contributed by atoms with van der Waals surface area (Å²) in [7, 11) is 0. The second-order valence-corrected chi connectivity index (χ2v) is 4.81. The molecule has 1 aromatic heterocycles. The van der Waals surface area contributed by atoms with Crippen LogP contribution in [0.4, 0.5) is 0 Å². The van der Waals surface area contributed by atoms with Crippen LogP contribution in [0.15, 0.2) is 18.2 Å². The Kier molecular flexibility index (Phi) is 4.68. The number of rotatable bonds is 6. The zero-order valence-corrected chi connectivity index (χ0v) is 11.4. The molecule has 2 nitrogen and oxygen atoms in total. The van der Waals surface area contributed by atoms with Gasteiger partial charge in [0, 0.05) is 10.8 Å². The number of unbranched alkanes of at least 4 members (excludes halogenated alkanes) is 2. The second-order valence-electron chi connectivity index (χ2n) is 4.81. The lowest BCUT2D eigenvalue weighted by Gasteiger charge is -2.09. The number of benzene rings is 1. The first kappa shape index (κ1) is 13.0. The quantitative estimate of drug-likeness (QED) is 0.760. The molecule has 0 spiro atoms. The maximum atomic E-state index is 4.31. The predicted octanol–water partition coefficient (Wildman–Crippen LogP) is 4.12. The van der Waals surface area contributed by atoms with Crippen LogP contribution < -0.4 is 0 Å². The van der Waals surface area contributed by atoms with Crippen molar-refractivity contribution in [2.75, 3.05) is 0 Å². The third-order valence-electron chi connectivity index (χ3n) is 3.35. The van der Waals surface area contributed by atoms with Gasteiger partial charge >= 0.3 is 0 Å². The van der Waals surface area contributed by atoms with Gasteiger partial charge in [-0.25, -0.2) is 0 Å². The van der Waals surface area contributed by atoms with Crippen molar-refractivity contribution in [3.63, 3.8) is 0 Å². The van der Waals surface area contributed by atoms with Crippen LogP contribution in [0.1, 0.15) is 50.8 Å². The molecule has 95 valence electrons. The van der Waals surface area contributed by atoms with Crippen molar-refractivity contribution in [3.8, 4) is 0 Å². The fourth-order valence-corrected chi connectivity index (χ4v) is 2.32. The van der Waals surface area contributed by atoms with Crippen LogP contribution in [0.5, 0.6) is 0 Å². The maximum Gasteiger partial charge on any atom is 0.122 e. The summed E-state index contributed by atoms with van der Waals surface area (Å²) in [5.74, 6) is 0. The van der Waals surface area contributed by atoms with Crippen LogP contribution >= 0.6 is 0 Å². The predicted molar refractivity (Wildman–Crippen MR) is 75.6 cm³/mol. The molecular formula is C16H21N2. The molecule has 0 bridgehead atoms. The largest absolute Gasteiger partial charge is 0.154 e. The number of aromatic nitrogens is 2. The Labute approximate surface area is 109 Å². The van der Waals surface area contributed by atoms with E-state index in [0.29, 0.717) is 0 Å². The standard InChI is InChI=1S/C16H21N2/c1-3-5-8-13-9-7-10-14-12-17-18-15(16(13)14)11-6-4-2/h7,9-10H,3-6,8,11H2,1-2H3. The van der Waals surface area contributed by atoms with Crippen LogP contribution in [0, 0.1) is 6.20 Å². The first-order valence-corrected chi connectivity index (χ1v) is 7.01. The molecule has 0 unspecified atom stereocenters. The van der Waals surface area contributed by atoms with E-state index in [-0.39, 0.29) is 0 Å². The van der Waals surface area contributed by atoms with E-state index in [0.717, 1.165) is 23.9 Å². The highest BCUT2D eigenvalue weighted by atomic mass is 15.1. The van der Waals surface area contributed by atoms with Gasteiger partial charge in [0.2, 0.25) is 0 Å². The van der Waals surface area contributed by atoms with E-state index in [1.807, 2.05) is 0 Å². The van der Waals surface area contributed by atoms with Gasteiger partial charge in [0.15, 0.2) is 0 Å². The minimum Gasteiger partial charge on any atom is -0.154 e. The van der Waals surface area contributed by atoms with Gasteiger partial charge in [-0.1, -0.05) is 44.9 Å². The Balaban J connectivity index is 2.42. The Hall–Kier alpha value is -1.44. The van der Waals surface area contributed by atoms with Crippen molar-refractivity contribution in [1.29, 1.82) is 0 Å².